The highest BCUT2D eigenvalue weighted by Crippen LogP contribution is 2.38. The number of benzene rings is 6. The second-order valence-corrected chi connectivity index (χ2v) is 14.9. The quantitative estimate of drug-likeness (QED) is 0.0829. The molecule has 2 aliphatic carbocycles. The predicted molar refractivity (Wildman–Crippen MR) is 234 cm³/mol. The van der Waals surface area contributed by atoms with Crippen molar-refractivity contribution in [3.05, 3.63) is 197 Å². The van der Waals surface area contributed by atoms with Crippen LogP contribution in [0, 0.1) is 0 Å². The van der Waals surface area contributed by atoms with E-state index in [0.717, 1.165) is 53.8 Å². The van der Waals surface area contributed by atoms with Crippen LogP contribution in [-0.2, 0) is 19.4 Å². The number of aromatic amines is 1. The molecule has 0 spiro atoms. The topological polar surface area (TPSA) is 71.1 Å². The third kappa shape index (κ3) is 6.26. The van der Waals surface area contributed by atoms with Crippen molar-refractivity contribution >= 4 is 39.8 Å². The summed E-state index contributed by atoms with van der Waals surface area (Å²) in [5.41, 5.74) is 23.8. The lowest BCUT2D eigenvalue weighted by Gasteiger charge is -2.18. The zero-order valence-electron chi connectivity index (χ0n) is 31.3. The second-order valence-electron chi connectivity index (χ2n) is 14.9. The summed E-state index contributed by atoms with van der Waals surface area (Å²) in [5, 5.41) is 6.15. The monoisotopic (exact) mass is 725 g/mol. The Labute approximate surface area is 327 Å². The number of H-pyrrole nitrogens is 1. The van der Waals surface area contributed by atoms with E-state index in [-0.39, 0.29) is 0 Å². The summed E-state index contributed by atoms with van der Waals surface area (Å²) in [6, 6.07) is 51.8. The standard InChI is InChI=1S/C51H43N5/c52-50(55-51(38-14-5-2-6-15-38)53-33-34-12-3-1-4-13-34)37-24-22-35(23-25-37)39-28-31-48-45(32-39)43-17-8-10-21-47(43)56(48)40-29-26-36(27-30-40)41-18-11-19-44-42-16-7-9-20-46(42)54-49(41)44/h1-6,9-15,18-32,50,54H,7-8,16-17,33,52H2,(H,53,55). The number of para-hydroxylation sites is 1. The lowest BCUT2D eigenvalue weighted by Crippen LogP contribution is -2.34. The predicted octanol–water partition coefficient (Wildman–Crippen LogP) is 11.6. The highest BCUT2D eigenvalue weighted by molar-refractivity contribution is 6.00. The number of aromatic nitrogens is 2. The lowest BCUT2D eigenvalue weighted by atomic mass is 9.97. The number of hydrogen-bond donors (Lipinski definition) is 3. The highest BCUT2D eigenvalue weighted by atomic mass is 15.1. The molecule has 56 heavy (non-hydrogen) atoms. The molecular weight excluding hydrogens is 683 g/mol. The SMILES string of the molecule is NC(N/C(=N\Cc1ccccc1)c1ccccc1)c1ccc(-c2ccc3c(c2)c2c(n3-c3ccc(-c4cccc5c6c([nH]c45)C=CCC6)cc3)C=CCC2)cc1. The molecule has 272 valence electrons. The van der Waals surface area contributed by atoms with Crippen LogP contribution in [0.3, 0.4) is 0 Å². The molecule has 6 aromatic carbocycles. The van der Waals surface area contributed by atoms with Crippen LogP contribution >= 0.6 is 0 Å². The number of amidine groups is 1. The fourth-order valence-electron chi connectivity index (χ4n) is 8.54. The first kappa shape index (κ1) is 33.8. The Kier molecular flexibility index (Phi) is 8.77. The number of aryl methyl sites for hydroxylation is 2. The van der Waals surface area contributed by atoms with Gasteiger partial charge in [0, 0.05) is 39.0 Å². The maximum Gasteiger partial charge on any atom is 0.130 e. The molecule has 10 rings (SSSR count). The van der Waals surface area contributed by atoms with Gasteiger partial charge in [-0.15, -0.1) is 0 Å². The van der Waals surface area contributed by atoms with Gasteiger partial charge in [-0.25, -0.2) is 0 Å². The summed E-state index contributed by atoms with van der Waals surface area (Å²) in [5.74, 6) is 0.781. The molecule has 2 heterocycles. The molecule has 0 fully saturated rings. The number of hydrogen-bond acceptors (Lipinski definition) is 2. The van der Waals surface area contributed by atoms with Gasteiger partial charge in [-0.05, 0) is 101 Å². The Balaban J connectivity index is 0.931. The smallest absolute Gasteiger partial charge is 0.130 e. The molecule has 0 amide bonds. The molecule has 0 aliphatic heterocycles. The molecule has 5 nitrogen and oxygen atoms in total. The number of nitrogens with two attached hydrogens (primary N) is 1. The van der Waals surface area contributed by atoms with Crippen LogP contribution in [0.2, 0.25) is 0 Å². The average molecular weight is 726 g/mol. The lowest BCUT2D eigenvalue weighted by molar-refractivity contribution is 0.679. The van der Waals surface area contributed by atoms with E-state index in [4.69, 9.17) is 10.7 Å². The first-order valence-corrected chi connectivity index (χ1v) is 19.7. The van der Waals surface area contributed by atoms with Crippen LogP contribution in [0.15, 0.2) is 163 Å². The van der Waals surface area contributed by atoms with Crippen LogP contribution in [0.25, 0.3) is 61.9 Å². The maximum atomic E-state index is 6.78. The summed E-state index contributed by atoms with van der Waals surface area (Å²) in [6.07, 6.45) is 13.0. The van der Waals surface area contributed by atoms with E-state index in [2.05, 4.69) is 148 Å². The molecule has 0 saturated carbocycles. The van der Waals surface area contributed by atoms with E-state index >= 15 is 0 Å². The normalized spacial score (nSPS) is 14.2. The fourth-order valence-corrected chi connectivity index (χ4v) is 8.54. The van der Waals surface area contributed by atoms with Gasteiger partial charge in [-0.1, -0.05) is 133 Å². The molecule has 0 radical (unpaired) electrons. The first-order valence-electron chi connectivity index (χ1n) is 19.7. The van der Waals surface area contributed by atoms with E-state index in [1.54, 1.807) is 0 Å². The van der Waals surface area contributed by atoms with Crippen molar-refractivity contribution in [3.63, 3.8) is 0 Å². The van der Waals surface area contributed by atoms with Crippen molar-refractivity contribution in [2.24, 2.45) is 10.7 Å². The van der Waals surface area contributed by atoms with Gasteiger partial charge in [0.05, 0.1) is 17.6 Å². The van der Waals surface area contributed by atoms with Crippen molar-refractivity contribution < 1.29 is 0 Å². The van der Waals surface area contributed by atoms with Gasteiger partial charge in [-0.3, -0.25) is 4.99 Å². The minimum absolute atomic E-state index is 0.418. The molecule has 0 saturated heterocycles. The number of rotatable bonds is 8. The van der Waals surface area contributed by atoms with E-state index in [9.17, 15) is 0 Å². The molecule has 8 aromatic rings. The van der Waals surface area contributed by atoms with Crippen LogP contribution in [0.5, 0.6) is 0 Å². The van der Waals surface area contributed by atoms with Crippen molar-refractivity contribution in [3.8, 4) is 27.9 Å². The van der Waals surface area contributed by atoms with Gasteiger partial charge in [0.1, 0.15) is 12.0 Å². The molecule has 1 atom stereocenters. The minimum Gasteiger partial charge on any atom is -0.354 e. The van der Waals surface area contributed by atoms with Gasteiger partial charge in [0.15, 0.2) is 0 Å². The van der Waals surface area contributed by atoms with E-state index in [1.807, 2.05) is 36.4 Å². The van der Waals surface area contributed by atoms with Gasteiger partial charge in [0.2, 0.25) is 0 Å². The largest absolute Gasteiger partial charge is 0.354 e. The van der Waals surface area contributed by atoms with Crippen LogP contribution in [0.1, 0.15) is 58.2 Å². The van der Waals surface area contributed by atoms with Crippen molar-refractivity contribution in [1.82, 2.24) is 14.9 Å². The molecule has 4 N–H and O–H groups in total. The minimum atomic E-state index is -0.418. The first-order chi connectivity index (χ1) is 27.7. The van der Waals surface area contributed by atoms with E-state index in [1.165, 1.54) is 66.7 Å². The van der Waals surface area contributed by atoms with Crippen LogP contribution in [-0.4, -0.2) is 15.4 Å². The maximum absolute atomic E-state index is 6.78. The average Bonchev–Trinajstić information content (AvgIpc) is 3.81. The van der Waals surface area contributed by atoms with Gasteiger partial charge in [0.25, 0.3) is 0 Å². The summed E-state index contributed by atoms with van der Waals surface area (Å²) in [4.78, 5) is 8.66. The van der Waals surface area contributed by atoms with Crippen molar-refractivity contribution in [2.45, 2.75) is 38.4 Å². The summed E-state index contributed by atoms with van der Waals surface area (Å²) in [6.45, 7) is 0.573. The molecule has 1 unspecified atom stereocenters. The van der Waals surface area contributed by atoms with E-state index < -0.39 is 6.17 Å². The van der Waals surface area contributed by atoms with E-state index in [0.29, 0.717) is 6.54 Å². The number of allylic oxidation sites excluding steroid dienone is 2. The van der Waals surface area contributed by atoms with Gasteiger partial charge < -0.3 is 20.6 Å². The Morgan fingerprint density at radius 2 is 1.39 bits per heavy atom. The number of aliphatic imine (C=N–C) groups is 1. The third-order valence-corrected chi connectivity index (χ3v) is 11.4. The Hall–Kier alpha value is -6.69. The Morgan fingerprint density at radius 3 is 2.20 bits per heavy atom. The van der Waals surface area contributed by atoms with Gasteiger partial charge in [-0.2, -0.15) is 0 Å². The molecule has 2 aromatic heterocycles. The van der Waals surface area contributed by atoms with Crippen LogP contribution in [0.4, 0.5) is 0 Å². The second kappa shape index (κ2) is 14.5. The van der Waals surface area contributed by atoms with Crippen LogP contribution < -0.4 is 11.1 Å². The van der Waals surface area contributed by atoms with Crippen molar-refractivity contribution in [2.75, 3.05) is 0 Å². The molecule has 0 bridgehead atoms. The number of fused-ring (bicyclic) bond motifs is 6. The number of nitrogens with one attached hydrogen (secondary N) is 2. The Morgan fingerprint density at radius 1 is 0.679 bits per heavy atom. The third-order valence-electron chi connectivity index (χ3n) is 11.4. The molecule has 2 aliphatic rings. The summed E-state index contributed by atoms with van der Waals surface area (Å²) in [7, 11) is 0. The zero-order chi connectivity index (χ0) is 37.4. The van der Waals surface area contributed by atoms with Crippen molar-refractivity contribution in [1.29, 1.82) is 0 Å². The number of nitrogens with zero attached hydrogens (tertiary/aromatic N) is 2. The Bertz CT molecular complexity index is 2780. The summed E-state index contributed by atoms with van der Waals surface area (Å²) >= 11 is 0. The van der Waals surface area contributed by atoms with Gasteiger partial charge >= 0.3 is 0 Å². The zero-order valence-corrected chi connectivity index (χ0v) is 31.3. The summed E-state index contributed by atoms with van der Waals surface area (Å²) < 4.78 is 2.43. The highest BCUT2D eigenvalue weighted by Gasteiger charge is 2.20. The fraction of sp³-hybridized carbons (Fsp3) is 0.118. The molecular formula is C51H43N5. The molecule has 5 heteroatoms.